The highest BCUT2D eigenvalue weighted by atomic mass is 35.5. The monoisotopic (exact) mass is 322 g/mol. The standard InChI is InChI=1S/C20H15ClO2/c21-19-12-10-18(11-13-19)20(22)23-14-15-6-8-17(9-7-15)16-4-2-1-3-5-16/h1-13H,14H2. The van der Waals surface area contributed by atoms with Gasteiger partial charge in [-0.3, -0.25) is 0 Å². The van der Waals surface area contributed by atoms with E-state index < -0.39 is 0 Å². The van der Waals surface area contributed by atoms with Crippen LogP contribution >= 0.6 is 11.6 Å². The average Bonchev–Trinajstić information content (AvgIpc) is 2.61. The van der Waals surface area contributed by atoms with Crippen molar-refractivity contribution in [3.8, 4) is 11.1 Å². The van der Waals surface area contributed by atoms with Crippen LogP contribution in [-0.4, -0.2) is 5.97 Å². The van der Waals surface area contributed by atoms with E-state index in [1.54, 1.807) is 24.3 Å². The van der Waals surface area contributed by atoms with Gasteiger partial charge in [0.15, 0.2) is 0 Å². The molecule has 0 N–H and O–H groups in total. The van der Waals surface area contributed by atoms with Crippen molar-refractivity contribution in [3.63, 3.8) is 0 Å². The van der Waals surface area contributed by atoms with Crippen LogP contribution in [0.4, 0.5) is 0 Å². The van der Waals surface area contributed by atoms with Crippen LogP contribution in [0.2, 0.25) is 5.02 Å². The summed E-state index contributed by atoms with van der Waals surface area (Å²) < 4.78 is 5.32. The van der Waals surface area contributed by atoms with Crippen molar-refractivity contribution in [2.75, 3.05) is 0 Å². The molecule has 0 fully saturated rings. The van der Waals surface area contributed by atoms with Crippen LogP contribution in [0.25, 0.3) is 11.1 Å². The Hall–Kier alpha value is -2.58. The van der Waals surface area contributed by atoms with E-state index >= 15 is 0 Å². The molecule has 3 aromatic rings. The van der Waals surface area contributed by atoms with Crippen molar-refractivity contribution >= 4 is 17.6 Å². The van der Waals surface area contributed by atoms with Gasteiger partial charge in [0.05, 0.1) is 5.56 Å². The molecule has 0 amide bonds. The summed E-state index contributed by atoms with van der Waals surface area (Å²) in [6.45, 7) is 0.247. The first-order valence-corrected chi connectivity index (χ1v) is 7.67. The topological polar surface area (TPSA) is 26.3 Å². The second kappa shape index (κ2) is 7.12. The molecule has 0 aliphatic rings. The van der Waals surface area contributed by atoms with Gasteiger partial charge in [0, 0.05) is 5.02 Å². The molecule has 3 rings (SSSR count). The molecule has 0 aliphatic heterocycles. The van der Waals surface area contributed by atoms with Crippen LogP contribution in [-0.2, 0) is 11.3 Å². The molecular weight excluding hydrogens is 308 g/mol. The van der Waals surface area contributed by atoms with Gasteiger partial charge in [-0.1, -0.05) is 66.2 Å². The zero-order chi connectivity index (χ0) is 16.1. The molecule has 0 spiro atoms. The van der Waals surface area contributed by atoms with Crippen molar-refractivity contribution in [2.24, 2.45) is 0 Å². The molecular formula is C20H15ClO2. The second-order valence-electron chi connectivity index (χ2n) is 5.15. The van der Waals surface area contributed by atoms with Gasteiger partial charge in [-0.15, -0.1) is 0 Å². The molecule has 3 heteroatoms. The molecule has 2 nitrogen and oxygen atoms in total. The molecule has 0 heterocycles. The van der Waals surface area contributed by atoms with Crippen LogP contribution in [0.3, 0.4) is 0 Å². The molecule has 0 saturated carbocycles. The van der Waals surface area contributed by atoms with E-state index in [4.69, 9.17) is 16.3 Å². The zero-order valence-electron chi connectivity index (χ0n) is 12.4. The minimum absolute atomic E-state index is 0.247. The van der Waals surface area contributed by atoms with E-state index in [9.17, 15) is 4.79 Å². The van der Waals surface area contributed by atoms with E-state index in [0.29, 0.717) is 10.6 Å². The fourth-order valence-corrected chi connectivity index (χ4v) is 2.37. The highest BCUT2D eigenvalue weighted by molar-refractivity contribution is 6.30. The van der Waals surface area contributed by atoms with Gasteiger partial charge >= 0.3 is 5.97 Å². The quantitative estimate of drug-likeness (QED) is 0.604. The Morgan fingerprint density at radius 1 is 0.783 bits per heavy atom. The Morgan fingerprint density at radius 3 is 2.04 bits per heavy atom. The summed E-state index contributed by atoms with van der Waals surface area (Å²) in [7, 11) is 0. The Morgan fingerprint density at radius 2 is 1.39 bits per heavy atom. The highest BCUT2D eigenvalue weighted by Crippen LogP contribution is 2.19. The van der Waals surface area contributed by atoms with Gasteiger partial charge in [-0.25, -0.2) is 4.79 Å². The number of halogens is 1. The minimum atomic E-state index is -0.353. The summed E-state index contributed by atoms with van der Waals surface area (Å²) in [5, 5.41) is 0.595. The average molecular weight is 323 g/mol. The molecule has 0 aliphatic carbocycles. The van der Waals surface area contributed by atoms with Gasteiger partial charge in [0.2, 0.25) is 0 Å². The third-order valence-corrected chi connectivity index (χ3v) is 3.76. The maximum atomic E-state index is 12.0. The number of benzene rings is 3. The van der Waals surface area contributed by atoms with Crippen molar-refractivity contribution in [1.82, 2.24) is 0 Å². The molecule has 0 radical (unpaired) electrons. The summed E-state index contributed by atoms with van der Waals surface area (Å²) in [6, 6.07) is 24.8. The van der Waals surface area contributed by atoms with E-state index in [-0.39, 0.29) is 12.6 Å². The Bertz CT molecular complexity index is 778. The number of hydrogen-bond acceptors (Lipinski definition) is 2. The fourth-order valence-electron chi connectivity index (χ4n) is 2.24. The van der Waals surface area contributed by atoms with Crippen molar-refractivity contribution in [3.05, 3.63) is 95.0 Å². The summed E-state index contributed by atoms with van der Waals surface area (Å²) >= 11 is 5.80. The van der Waals surface area contributed by atoms with E-state index in [0.717, 1.165) is 16.7 Å². The Labute approximate surface area is 140 Å². The lowest BCUT2D eigenvalue weighted by Crippen LogP contribution is -2.04. The van der Waals surface area contributed by atoms with Crippen LogP contribution in [0, 0.1) is 0 Å². The molecule has 0 aromatic heterocycles. The van der Waals surface area contributed by atoms with E-state index in [2.05, 4.69) is 12.1 Å². The summed E-state index contributed by atoms with van der Waals surface area (Å²) in [5.74, 6) is -0.353. The van der Waals surface area contributed by atoms with Crippen molar-refractivity contribution in [1.29, 1.82) is 0 Å². The summed E-state index contributed by atoms with van der Waals surface area (Å²) in [6.07, 6.45) is 0. The van der Waals surface area contributed by atoms with Crippen LogP contribution < -0.4 is 0 Å². The van der Waals surface area contributed by atoms with Gasteiger partial charge in [-0.2, -0.15) is 0 Å². The largest absolute Gasteiger partial charge is 0.457 e. The second-order valence-corrected chi connectivity index (χ2v) is 5.58. The SMILES string of the molecule is O=C(OCc1ccc(-c2ccccc2)cc1)c1ccc(Cl)cc1. The molecule has 0 atom stereocenters. The predicted octanol–water partition coefficient (Wildman–Crippen LogP) is 5.36. The number of esters is 1. The van der Waals surface area contributed by atoms with Gasteiger partial charge in [0.25, 0.3) is 0 Å². The zero-order valence-corrected chi connectivity index (χ0v) is 13.2. The van der Waals surface area contributed by atoms with Crippen LogP contribution in [0.1, 0.15) is 15.9 Å². The fraction of sp³-hybridized carbons (Fsp3) is 0.0500. The maximum absolute atomic E-state index is 12.0. The smallest absolute Gasteiger partial charge is 0.338 e. The highest BCUT2D eigenvalue weighted by Gasteiger charge is 2.07. The normalized spacial score (nSPS) is 10.3. The molecule has 114 valence electrons. The van der Waals surface area contributed by atoms with E-state index in [1.807, 2.05) is 42.5 Å². The Kier molecular flexibility index (Phi) is 4.74. The molecule has 0 bridgehead atoms. The molecule has 23 heavy (non-hydrogen) atoms. The summed E-state index contributed by atoms with van der Waals surface area (Å²) in [5.41, 5.74) is 3.75. The first-order chi connectivity index (χ1) is 11.2. The van der Waals surface area contributed by atoms with Gasteiger partial charge < -0.3 is 4.74 Å². The summed E-state index contributed by atoms with van der Waals surface area (Å²) in [4.78, 5) is 12.0. The number of ether oxygens (including phenoxy) is 1. The molecule has 3 aromatic carbocycles. The molecule has 0 unspecified atom stereocenters. The van der Waals surface area contributed by atoms with Gasteiger partial charge in [0.1, 0.15) is 6.61 Å². The van der Waals surface area contributed by atoms with Crippen LogP contribution in [0.5, 0.6) is 0 Å². The lowest BCUT2D eigenvalue weighted by molar-refractivity contribution is 0.0473. The number of rotatable bonds is 4. The first-order valence-electron chi connectivity index (χ1n) is 7.29. The first kappa shape index (κ1) is 15.3. The molecule has 0 saturated heterocycles. The number of carbonyl (C=O) groups is 1. The van der Waals surface area contributed by atoms with Crippen molar-refractivity contribution < 1.29 is 9.53 Å². The number of hydrogen-bond donors (Lipinski definition) is 0. The lowest BCUT2D eigenvalue weighted by atomic mass is 10.0. The number of carbonyl (C=O) groups excluding carboxylic acids is 1. The lowest BCUT2D eigenvalue weighted by Gasteiger charge is -2.07. The Balaban J connectivity index is 1.62. The van der Waals surface area contributed by atoms with E-state index in [1.165, 1.54) is 0 Å². The predicted molar refractivity (Wildman–Crippen MR) is 92.4 cm³/mol. The maximum Gasteiger partial charge on any atom is 0.338 e. The third kappa shape index (κ3) is 3.99. The third-order valence-electron chi connectivity index (χ3n) is 3.51. The van der Waals surface area contributed by atoms with Crippen molar-refractivity contribution in [2.45, 2.75) is 6.61 Å². The van der Waals surface area contributed by atoms with Gasteiger partial charge in [-0.05, 0) is 41.0 Å². The van der Waals surface area contributed by atoms with Crippen LogP contribution in [0.15, 0.2) is 78.9 Å². The minimum Gasteiger partial charge on any atom is -0.457 e.